The fraction of sp³-hybridized carbons (Fsp3) is 1.00. The summed E-state index contributed by atoms with van der Waals surface area (Å²) >= 11 is -0.601. The van der Waals surface area contributed by atoms with E-state index < -0.39 is 20.2 Å². The molecule has 0 aliphatic carbocycles. The maximum absolute atomic E-state index is 2.44. The Labute approximate surface area is 66.0 Å². The maximum atomic E-state index is 2.44. The van der Waals surface area contributed by atoms with Crippen molar-refractivity contribution in [2.24, 2.45) is 0 Å². The van der Waals surface area contributed by atoms with Crippen LogP contribution in [0.4, 0.5) is 0 Å². The van der Waals surface area contributed by atoms with E-state index in [-0.39, 0.29) is 0 Å². The van der Waals surface area contributed by atoms with Crippen molar-refractivity contribution in [1.29, 1.82) is 0 Å². The molecule has 1 saturated heterocycles. The van der Waals surface area contributed by atoms with E-state index in [9.17, 15) is 0 Å². The van der Waals surface area contributed by atoms with Crippen LogP contribution in [0.1, 0.15) is 33.1 Å². The summed E-state index contributed by atoms with van der Waals surface area (Å²) < 4.78 is 4.48. The van der Waals surface area contributed by atoms with E-state index in [2.05, 4.69) is 13.8 Å². The van der Waals surface area contributed by atoms with Gasteiger partial charge in [0.05, 0.1) is 0 Å². The zero-order valence-corrected chi connectivity index (χ0v) is 9.11. The number of hydrogen-bond acceptors (Lipinski definition) is 0. The van der Waals surface area contributed by atoms with E-state index in [0.717, 1.165) is 3.86 Å². The van der Waals surface area contributed by atoms with Gasteiger partial charge in [-0.1, -0.05) is 0 Å². The molecule has 54 valence electrons. The predicted molar refractivity (Wildman–Crippen MR) is 44.3 cm³/mol. The summed E-state index contributed by atoms with van der Waals surface area (Å²) in [6.45, 7) is 4.88. The first kappa shape index (κ1) is 7.92. The third-order valence-electron chi connectivity index (χ3n) is 2.12. The Morgan fingerprint density at radius 3 is 1.89 bits per heavy atom. The monoisotopic (exact) mass is 234 g/mol. The molecule has 0 spiro atoms. The van der Waals surface area contributed by atoms with Crippen LogP contribution in [0.3, 0.4) is 0 Å². The fourth-order valence-electron chi connectivity index (χ4n) is 1.43. The fourth-order valence-corrected chi connectivity index (χ4v) is 8.62. The Kier molecular flexibility index (Phi) is 3.40. The summed E-state index contributed by atoms with van der Waals surface area (Å²) in [5.41, 5.74) is 0. The minimum absolute atomic E-state index is 0.601. The molecule has 0 nitrogen and oxygen atoms in total. The summed E-state index contributed by atoms with van der Waals surface area (Å²) in [5.74, 6) is 0. The molecule has 0 aromatic rings. The summed E-state index contributed by atoms with van der Waals surface area (Å²) in [6, 6.07) is 0. The minimum atomic E-state index is -0.601. The molecule has 0 aromatic carbocycles. The molecule has 0 unspecified atom stereocenters. The van der Waals surface area contributed by atoms with Gasteiger partial charge in [0, 0.05) is 0 Å². The number of rotatable bonds is 1. The van der Waals surface area contributed by atoms with Crippen molar-refractivity contribution >= 4 is 20.2 Å². The Morgan fingerprint density at radius 2 is 1.56 bits per heavy atom. The van der Waals surface area contributed by atoms with Gasteiger partial charge in [0.2, 0.25) is 0 Å². The third kappa shape index (κ3) is 2.49. The topological polar surface area (TPSA) is 0 Å². The Morgan fingerprint density at radius 1 is 1.00 bits per heavy atom. The van der Waals surface area contributed by atoms with Crippen molar-refractivity contribution in [3.05, 3.63) is 0 Å². The molecule has 0 atom stereocenters. The predicted octanol–water partition coefficient (Wildman–Crippen LogP) is 3.08. The van der Waals surface area contributed by atoms with E-state index in [1.54, 1.807) is 21.6 Å². The van der Waals surface area contributed by atoms with Gasteiger partial charge in [0.25, 0.3) is 0 Å². The molecule has 0 radical (unpaired) electrons. The first-order valence-electron chi connectivity index (χ1n) is 4.05. The molecule has 1 rings (SSSR count). The molecule has 0 bridgehead atoms. The average molecular weight is 235 g/mol. The summed E-state index contributed by atoms with van der Waals surface area (Å²) in [6.07, 6.45) is 4.68. The van der Waals surface area contributed by atoms with E-state index in [4.69, 9.17) is 0 Å². The van der Waals surface area contributed by atoms with Crippen molar-refractivity contribution in [2.45, 2.75) is 45.7 Å². The van der Waals surface area contributed by atoms with E-state index in [0.29, 0.717) is 0 Å². The van der Waals surface area contributed by atoms with Crippen LogP contribution >= 0.6 is 0 Å². The Bertz CT molecular complexity index is 72.6. The zero-order chi connectivity index (χ0) is 6.69. The molecule has 1 heteroatoms. The van der Waals surface area contributed by atoms with Gasteiger partial charge < -0.3 is 0 Å². The van der Waals surface area contributed by atoms with Gasteiger partial charge in [0.15, 0.2) is 0 Å². The second kappa shape index (κ2) is 3.86. The molecule has 1 aliphatic rings. The van der Waals surface area contributed by atoms with Crippen molar-refractivity contribution in [2.75, 3.05) is 0 Å². The first-order chi connectivity index (χ1) is 4.30. The standard InChI is InChI=1S/C5H10.C3H7.Sb/c1-3-5-4-2;1-3-2;/h1-5H2;3H,1-2H3;. The molecular formula is C8H17Sb. The van der Waals surface area contributed by atoms with Gasteiger partial charge in [-0.2, -0.15) is 0 Å². The van der Waals surface area contributed by atoms with Gasteiger partial charge in [-0.25, -0.2) is 0 Å². The van der Waals surface area contributed by atoms with Crippen molar-refractivity contribution in [3.8, 4) is 0 Å². The van der Waals surface area contributed by atoms with Crippen LogP contribution in [0.5, 0.6) is 0 Å². The summed E-state index contributed by atoms with van der Waals surface area (Å²) in [4.78, 5) is 0. The molecule has 1 aliphatic heterocycles. The second-order valence-electron chi connectivity index (χ2n) is 3.19. The SMILES string of the molecule is C[CH](C)[Sb]1[CH2]CCC[CH2]1. The molecule has 1 fully saturated rings. The summed E-state index contributed by atoms with van der Waals surface area (Å²) in [7, 11) is 0. The van der Waals surface area contributed by atoms with Crippen LogP contribution in [-0.4, -0.2) is 20.2 Å². The van der Waals surface area contributed by atoms with E-state index in [1.165, 1.54) is 6.42 Å². The van der Waals surface area contributed by atoms with Gasteiger partial charge in [-0.15, -0.1) is 0 Å². The van der Waals surface area contributed by atoms with Crippen LogP contribution in [-0.2, 0) is 0 Å². The van der Waals surface area contributed by atoms with Crippen molar-refractivity contribution in [3.63, 3.8) is 0 Å². The van der Waals surface area contributed by atoms with Crippen molar-refractivity contribution in [1.82, 2.24) is 0 Å². The summed E-state index contributed by atoms with van der Waals surface area (Å²) in [5, 5.41) is 0. The zero-order valence-electron chi connectivity index (χ0n) is 6.56. The molecule has 0 aromatic heterocycles. The molecule has 0 N–H and O–H groups in total. The molecule has 0 amide bonds. The molecular weight excluding hydrogens is 218 g/mol. The van der Waals surface area contributed by atoms with Crippen LogP contribution in [0.25, 0.3) is 0 Å². The number of hydrogen-bond donors (Lipinski definition) is 0. The van der Waals surface area contributed by atoms with Crippen LogP contribution in [0.2, 0.25) is 12.6 Å². The second-order valence-corrected chi connectivity index (χ2v) is 12.1. The average Bonchev–Trinajstić information content (AvgIpc) is 1.90. The quantitative estimate of drug-likeness (QED) is 0.612. The molecule has 0 saturated carbocycles. The first-order valence-corrected chi connectivity index (χ1v) is 9.13. The van der Waals surface area contributed by atoms with Crippen LogP contribution in [0.15, 0.2) is 0 Å². The normalized spacial score (nSPS) is 23.0. The van der Waals surface area contributed by atoms with Crippen LogP contribution < -0.4 is 0 Å². The van der Waals surface area contributed by atoms with Crippen LogP contribution in [0, 0.1) is 0 Å². The van der Waals surface area contributed by atoms with E-state index in [1.807, 2.05) is 0 Å². The van der Waals surface area contributed by atoms with Gasteiger partial charge in [-0.3, -0.25) is 0 Å². The molecule has 1 heterocycles. The van der Waals surface area contributed by atoms with Gasteiger partial charge in [-0.05, 0) is 0 Å². The van der Waals surface area contributed by atoms with Crippen molar-refractivity contribution < 1.29 is 0 Å². The Hall–Kier alpha value is 0.818. The van der Waals surface area contributed by atoms with Gasteiger partial charge >= 0.3 is 65.9 Å². The Balaban J connectivity index is 2.23. The van der Waals surface area contributed by atoms with E-state index >= 15 is 0 Å². The third-order valence-corrected chi connectivity index (χ3v) is 11.4. The van der Waals surface area contributed by atoms with Gasteiger partial charge in [0.1, 0.15) is 0 Å². The molecule has 9 heavy (non-hydrogen) atoms.